The van der Waals surface area contributed by atoms with E-state index in [0.29, 0.717) is 17.8 Å². The summed E-state index contributed by atoms with van der Waals surface area (Å²) in [6.45, 7) is 1.78. The fourth-order valence-electron chi connectivity index (χ4n) is 2.49. The maximum absolute atomic E-state index is 12.5. The fraction of sp³-hybridized carbons (Fsp3) is 0.0952. The Kier molecular flexibility index (Phi) is 5.86. The van der Waals surface area contributed by atoms with Crippen LogP contribution in [0.2, 0.25) is 0 Å². The Bertz CT molecular complexity index is 1020. The third-order valence-electron chi connectivity index (χ3n) is 3.97. The summed E-state index contributed by atoms with van der Waals surface area (Å²) in [6.07, 6.45) is 6.09. The third kappa shape index (κ3) is 4.85. The van der Waals surface area contributed by atoms with Crippen molar-refractivity contribution in [3.05, 3.63) is 89.5 Å². The van der Waals surface area contributed by atoms with Crippen molar-refractivity contribution < 1.29 is 14.4 Å². The first-order valence-corrected chi connectivity index (χ1v) is 8.57. The number of Topliss-reactive ketones (excluding diaryl/α,β-unsaturated/α-hetero) is 1. The van der Waals surface area contributed by atoms with Gasteiger partial charge in [-0.05, 0) is 36.8 Å². The van der Waals surface area contributed by atoms with E-state index in [1.807, 2.05) is 6.07 Å². The number of ketones is 1. The number of rotatable bonds is 6. The molecule has 2 aromatic heterocycles. The number of nitrogens with one attached hydrogen (secondary N) is 2. The zero-order valence-electron chi connectivity index (χ0n) is 15.2. The number of carbonyl (C=O) groups excluding carboxylic acids is 3. The first-order valence-electron chi connectivity index (χ1n) is 8.57. The Morgan fingerprint density at radius 3 is 2.36 bits per heavy atom. The lowest BCUT2D eigenvalue weighted by atomic mass is 10.1. The van der Waals surface area contributed by atoms with Crippen LogP contribution in [0.5, 0.6) is 0 Å². The molecule has 0 saturated carbocycles. The van der Waals surface area contributed by atoms with Crippen LogP contribution < -0.4 is 10.6 Å². The van der Waals surface area contributed by atoms with Crippen molar-refractivity contribution in [3.8, 4) is 0 Å². The minimum absolute atomic E-state index is 0.0925. The maximum Gasteiger partial charge on any atom is 0.257 e. The van der Waals surface area contributed by atoms with Gasteiger partial charge in [-0.2, -0.15) is 0 Å². The van der Waals surface area contributed by atoms with Gasteiger partial charge < -0.3 is 10.6 Å². The Balaban J connectivity index is 1.68. The molecular weight excluding hydrogens is 356 g/mol. The van der Waals surface area contributed by atoms with Crippen LogP contribution in [0.3, 0.4) is 0 Å². The Morgan fingerprint density at radius 1 is 0.857 bits per heavy atom. The predicted octanol–water partition coefficient (Wildman–Crippen LogP) is 2.86. The number of amides is 2. The molecule has 7 heteroatoms. The van der Waals surface area contributed by atoms with E-state index in [0.717, 1.165) is 5.56 Å². The number of pyridine rings is 2. The second kappa shape index (κ2) is 8.68. The Morgan fingerprint density at radius 2 is 1.64 bits per heavy atom. The molecule has 3 aromatic rings. The van der Waals surface area contributed by atoms with Gasteiger partial charge in [0.05, 0.1) is 11.1 Å². The smallest absolute Gasteiger partial charge is 0.257 e. The van der Waals surface area contributed by atoms with E-state index in [9.17, 15) is 14.4 Å². The maximum atomic E-state index is 12.5. The van der Waals surface area contributed by atoms with Gasteiger partial charge in [-0.1, -0.05) is 18.2 Å². The zero-order chi connectivity index (χ0) is 19.9. The summed E-state index contributed by atoms with van der Waals surface area (Å²) in [6, 6.07) is 11.7. The second-order valence-electron chi connectivity index (χ2n) is 6.10. The van der Waals surface area contributed by atoms with E-state index in [1.165, 1.54) is 25.4 Å². The highest BCUT2D eigenvalue weighted by molar-refractivity contribution is 6.06. The molecule has 2 N–H and O–H groups in total. The van der Waals surface area contributed by atoms with Gasteiger partial charge in [-0.3, -0.25) is 24.4 Å². The first-order chi connectivity index (χ1) is 13.5. The fourth-order valence-corrected chi connectivity index (χ4v) is 2.49. The molecule has 7 nitrogen and oxygen atoms in total. The number of anilines is 1. The molecule has 0 fully saturated rings. The molecule has 0 radical (unpaired) electrons. The van der Waals surface area contributed by atoms with E-state index in [4.69, 9.17) is 0 Å². The Labute approximate surface area is 161 Å². The van der Waals surface area contributed by atoms with Gasteiger partial charge in [-0.25, -0.2) is 0 Å². The van der Waals surface area contributed by atoms with Gasteiger partial charge in [-0.15, -0.1) is 0 Å². The summed E-state index contributed by atoms with van der Waals surface area (Å²) in [5, 5.41) is 5.47. The molecule has 0 aliphatic carbocycles. The number of hydrogen-bond donors (Lipinski definition) is 2. The Hall–Kier alpha value is -3.87. The second-order valence-corrected chi connectivity index (χ2v) is 6.10. The molecule has 140 valence electrons. The van der Waals surface area contributed by atoms with Crippen LogP contribution in [0.4, 0.5) is 5.69 Å². The highest BCUT2D eigenvalue weighted by Gasteiger charge is 2.12. The largest absolute Gasteiger partial charge is 0.348 e. The van der Waals surface area contributed by atoms with Crippen LogP contribution in [0, 0.1) is 0 Å². The average Bonchev–Trinajstić information content (AvgIpc) is 2.73. The molecule has 2 amide bonds. The summed E-state index contributed by atoms with van der Waals surface area (Å²) >= 11 is 0. The molecule has 0 aliphatic heterocycles. The van der Waals surface area contributed by atoms with Crippen molar-refractivity contribution in [1.29, 1.82) is 0 Å². The van der Waals surface area contributed by atoms with E-state index in [2.05, 4.69) is 20.6 Å². The number of aromatic nitrogens is 2. The summed E-state index contributed by atoms with van der Waals surface area (Å²) in [5.41, 5.74) is 2.36. The van der Waals surface area contributed by atoms with Crippen molar-refractivity contribution in [1.82, 2.24) is 15.3 Å². The van der Waals surface area contributed by atoms with Crippen LogP contribution in [-0.2, 0) is 6.54 Å². The highest BCUT2D eigenvalue weighted by atomic mass is 16.2. The number of hydrogen-bond acceptors (Lipinski definition) is 5. The average molecular weight is 374 g/mol. The topological polar surface area (TPSA) is 101 Å². The van der Waals surface area contributed by atoms with Crippen molar-refractivity contribution >= 4 is 23.3 Å². The monoisotopic (exact) mass is 374 g/mol. The lowest BCUT2D eigenvalue weighted by Gasteiger charge is -2.08. The normalized spacial score (nSPS) is 10.2. The summed E-state index contributed by atoms with van der Waals surface area (Å²) < 4.78 is 0. The summed E-state index contributed by atoms with van der Waals surface area (Å²) in [5.74, 6) is -0.857. The summed E-state index contributed by atoms with van der Waals surface area (Å²) in [4.78, 5) is 44.2. The van der Waals surface area contributed by atoms with Gasteiger partial charge in [0, 0.05) is 42.6 Å². The van der Waals surface area contributed by atoms with Crippen molar-refractivity contribution in [2.24, 2.45) is 0 Å². The SMILES string of the molecule is CC(=O)c1cccc(NC(=O)c2cncc(C(=O)NCc3cccnc3)c2)c1. The standard InChI is InChI=1S/C21H18N4O3/c1-14(26)16-5-2-6-19(9-16)25-21(28)18-8-17(12-23-13-18)20(27)24-11-15-4-3-7-22-10-15/h2-10,12-13H,11H2,1H3,(H,24,27)(H,25,28). The molecule has 0 saturated heterocycles. The minimum Gasteiger partial charge on any atom is -0.348 e. The van der Waals surface area contributed by atoms with Gasteiger partial charge in [0.25, 0.3) is 11.8 Å². The third-order valence-corrected chi connectivity index (χ3v) is 3.97. The quantitative estimate of drug-likeness (QED) is 0.646. The molecule has 0 bridgehead atoms. The molecule has 2 heterocycles. The summed E-state index contributed by atoms with van der Waals surface area (Å²) in [7, 11) is 0. The number of nitrogens with zero attached hydrogens (tertiary/aromatic N) is 2. The van der Waals surface area contributed by atoms with Crippen LogP contribution >= 0.6 is 0 Å². The first kappa shape index (κ1) is 18.9. The van der Waals surface area contributed by atoms with Gasteiger partial charge >= 0.3 is 0 Å². The molecule has 28 heavy (non-hydrogen) atoms. The van der Waals surface area contributed by atoms with Crippen LogP contribution in [-0.4, -0.2) is 27.6 Å². The molecule has 0 aliphatic rings. The van der Waals surface area contributed by atoms with Crippen molar-refractivity contribution in [3.63, 3.8) is 0 Å². The minimum atomic E-state index is -0.421. The van der Waals surface area contributed by atoms with E-state index >= 15 is 0 Å². The molecule has 1 aromatic carbocycles. The van der Waals surface area contributed by atoms with E-state index in [1.54, 1.807) is 42.7 Å². The predicted molar refractivity (Wildman–Crippen MR) is 104 cm³/mol. The zero-order valence-corrected chi connectivity index (χ0v) is 15.2. The molecule has 0 atom stereocenters. The van der Waals surface area contributed by atoms with E-state index in [-0.39, 0.29) is 22.8 Å². The molecule has 0 unspecified atom stereocenters. The molecular formula is C21H18N4O3. The van der Waals surface area contributed by atoms with Gasteiger partial charge in [0.2, 0.25) is 0 Å². The lowest BCUT2D eigenvalue weighted by Crippen LogP contribution is -2.23. The molecule has 3 rings (SSSR count). The van der Waals surface area contributed by atoms with Crippen molar-refractivity contribution in [2.75, 3.05) is 5.32 Å². The van der Waals surface area contributed by atoms with Crippen LogP contribution in [0.15, 0.2) is 67.3 Å². The highest BCUT2D eigenvalue weighted by Crippen LogP contribution is 2.13. The van der Waals surface area contributed by atoms with Gasteiger partial charge in [0.15, 0.2) is 5.78 Å². The number of carbonyl (C=O) groups is 3. The van der Waals surface area contributed by atoms with Crippen LogP contribution in [0.25, 0.3) is 0 Å². The van der Waals surface area contributed by atoms with E-state index < -0.39 is 5.91 Å². The number of benzene rings is 1. The van der Waals surface area contributed by atoms with Crippen molar-refractivity contribution in [2.45, 2.75) is 13.5 Å². The van der Waals surface area contributed by atoms with Crippen LogP contribution in [0.1, 0.15) is 43.6 Å². The molecule has 0 spiro atoms. The lowest BCUT2D eigenvalue weighted by molar-refractivity contribution is 0.0949. The van der Waals surface area contributed by atoms with Gasteiger partial charge in [0.1, 0.15) is 0 Å².